The van der Waals surface area contributed by atoms with Crippen molar-refractivity contribution in [1.29, 1.82) is 0 Å². The van der Waals surface area contributed by atoms with Gasteiger partial charge in [0.1, 0.15) is 6.61 Å². The molecule has 2 aromatic carbocycles. The minimum Gasteiger partial charge on any atom is -0.445 e. The SMILES string of the molecule is CCN(CC)c1ccc(NC(=O)CCCNC(=O)OCc2ccccc2)cc1. The van der Waals surface area contributed by atoms with Gasteiger partial charge < -0.3 is 20.3 Å². The van der Waals surface area contributed by atoms with Crippen LogP contribution in [0.15, 0.2) is 54.6 Å². The van der Waals surface area contributed by atoms with Crippen LogP contribution >= 0.6 is 0 Å². The highest BCUT2D eigenvalue weighted by Gasteiger charge is 2.06. The molecule has 0 saturated carbocycles. The number of amides is 2. The number of carbonyl (C=O) groups is 2. The lowest BCUT2D eigenvalue weighted by Crippen LogP contribution is -2.26. The van der Waals surface area contributed by atoms with Crippen molar-refractivity contribution in [1.82, 2.24) is 5.32 Å². The van der Waals surface area contributed by atoms with E-state index in [0.717, 1.165) is 30.0 Å². The van der Waals surface area contributed by atoms with Gasteiger partial charge in [0.25, 0.3) is 0 Å². The Morgan fingerprint density at radius 3 is 2.29 bits per heavy atom. The second-order valence-corrected chi connectivity index (χ2v) is 6.36. The second-order valence-electron chi connectivity index (χ2n) is 6.36. The van der Waals surface area contributed by atoms with Crippen molar-refractivity contribution in [3.8, 4) is 0 Å². The zero-order valence-electron chi connectivity index (χ0n) is 16.6. The van der Waals surface area contributed by atoms with Crippen LogP contribution < -0.4 is 15.5 Å². The van der Waals surface area contributed by atoms with Crippen LogP contribution in [0.4, 0.5) is 16.2 Å². The van der Waals surface area contributed by atoms with E-state index in [1.165, 1.54) is 0 Å². The number of rotatable bonds is 10. The van der Waals surface area contributed by atoms with Crippen LogP contribution in [0.3, 0.4) is 0 Å². The van der Waals surface area contributed by atoms with Crippen molar-refractivity contribution in [2.45, 2.75) is 33.3 Å². The van der Waals surface area contributed by atoms with E-state index in [4.69, 9.17) is 4.74 Å². The summed E-state index contributed by atoms with van der Waals surface area (Å²) >= 11 is 0. The van der Waals surface area contributed by atoms with Crippen molar-refractivity contribution in [2.75, 3.05) is 29.9 Å². The molecule has 0 aliphatic heterocycles. The van der Waals surface area contributed by atoms with E-state index in [9.17, 15) is 9.59 Å². The Hall–Kier alpha value is -3.02. The first-order valence-electron chi connectivity index (χ1n) is 9.71. The predicted molar refractivity (Wildman–Crippen MR) is 112 cm³/mol. The van der Waals surface area contributed by atoms with Gasteiger partial charge in [-0.2, -0.15) is 0 Å². The van der Waals surface area contributed by atoms with Gasteiger partial charge in [0.05, 0.1) is 0 Å². The average Bonchev–Trinajstić information content (AvgIpc) is 2.72. The van der Waals surface area contributed by atoms with Gasteiger partial charge in [0, 0.05) is 37.4 Å². The molecule has 6 heteroatoms. The van der Waals surface area contributed by atoms with Crippen molar-refractivity contribution < 1.29 is 14.3 Å². The lowest BCUT2D eigenvalue weighted by atomic mass is 10.2. The van der Waals surface area contributed by atoms with Crippen LogP contribution in [0.25, 0.3) is 0 Å². The molecule has 0 radical (unpaired) electrons. The molecular formula is C22H29N3O3. The van der Waals surface area contributed by atoms with Crippen molar-refractivity contribution >= 4 is 23.4 Å². The molecule has 0 aromatic heterocycles. The summed E-state index contributed by atoms with van der Waals surface area (Å²) in [5.41, 5.74) is 2.85. The Labute approximate surface area is 166 Å². The van der Waals surface area contributed by atoms with Crippen LogP contribution in [0.1, 0.15) is 32.3 Å². The second kappa shape index (κ2) is 11.6. The quantitative estimate of drug-likeness (QED) is 0.604. The zero-order chi connectivity index (χ0) is 20.2. The van der Waals surface area contributed by atoms with E-state index in [-0.39, 0.29) is 12.5 Å². The minimum atomic E-state index is -0.476. The monoisotopic (exact) mass is 383 g/mol. The van der Waals surface area contributed by atoms with Gasteiger partial charge in [-0.3, -0.25) is 4.79 Å². The highest BCUT2D eigenvalue weighted by molar-refractivity contribution is 5.90. The molecule has 28 heavy (non-hydrogen) atoms. The van der Waals surface area contributed by atoms with Crippen molar-refractivity contribution in [3.63, 3.8) is 0 Å². The van der Waals surface area contributed by atoms with Gasteiger partial charge in [-0.15, -0.1) is 0 Å². The molecule has 0 unspecified atom stereocenters. The van der Waals surface area contributed by atoms with Crippen molar-refractivity contribution in [2.24, 2.45) is 0 Å². The summed E-state index contributed by atoms with van der Waals surface area (Å²) < 4.78 is 5.13. The van der Waals surface area contributed by atoms with Gasteiger partial charge in [0.2, 0.25) is 5.91 Å². The van der Waals surface area contributed by atoms with Crippen LogP contribution in [0, 0.1) is 0 Å². The lowest BCUT2D eigenvalue weighted by molar-refractivity contribution is -0.116. The molecule has 0 aliphatic rings. The van der Waals surface area contributed by atoms with Gasteiger partial charge in [0.15, 0.2) is 0 Å². The maximum Gasteiger partial charge on any atom is 0.407 e. The first-order valence-corrected chi connectivity index (χ1v) is 9.71. The summed E-state index contributed by atoms with van der Waals surface area (Å²) in [4.78, 5) is 25.9. The fraction of sp³-hybridized carbons (Fsp3) is 0.364. The van der Waals surface area contributed by atoms with E-state index in [0.29, 0.717) is 19.4 Å². The average molecular weight is 383 g/mol. The molecule has 6 nitrogen and oxygen atoms in total. The number of alkyl carbamates (subject to hydrolysis) is 1. The first kappa shape index (κ1) is 21.3. The Balaban J connectivity index is 1.62. The lowest BCUT2D eigenvalue weighted by Gasteiger charge is -2.21. The van der Waals surface area contributed by atoms with E-state index in [1.807, 2.05) is 54.6 Å². The van der Waals surface area contributed by atoms with Gasteiger partial charge in [-0.05, 0) is 50.1 Å². The van der Waals surface area contributed by atoms with E-state index >= 15 is 0 Å². The largest absolute Gasteiger partial charge is 0.445 e. The third-order valence-corrected chi connectivity index (χ3v) is 4.34. The van der Waals surface area contributed by atoms with Gasteiger partial charge in [-0.1, -0.05) is 30.3 Å². The van der Waals surface area contributed by atoms with Crippen LogP contribution in [0.2, 0.25) is 0 Å². The minimum absolute atomic E-state index is 0.0740. The van der Waals surface area contributed by atoms with Gasteiger partial charge in [-0.25, -0.2) is 4.79 Å². The standard InChI is InChI=1S/C22H29N3O3/c1-3-25(4-2)20-14-12-19(13-15-20)24-21(26)11-8-16-23-22(27)28-17-18-9-6-5-7-10-18/h5-7,9-10,12-15H,3-4,8,11,16-17H2,1-2H3,(H,23,27)(H,24,26). The smallest absolute Gasteiger partial charge is 0.407 e. The number of hydrogen-bond acceptors (Lipinski definition) is 4. The first-order chi connectivity index (χ1) is 13.6. The Morgan fingerprint density at radius 2 is 1.64 bits per heavy atom. The van der Waals surface area contributed by atoms with Crippen LogP contribution in [-0.4, -0.2) is 31.6 Å². The Morgan fingerprint density at radius 1 is 0.964 bits per heavy atom. The highest BCUT2D eigenvalue weighted by Crippen LogP contribution is 2.17. The maximum atomic E-state index is 12.0. The number of anilines is 2. The Bertz CT molecular complexity index is 728. The molecule has 2 aromatic rings. The number of nitrogens with one attached hydrogen (secondary N) is 2. The molecular weight excluding hydrogens is 354 g/mol. The molecule has 150 valence electrons. The summed E-state index contributed by atoms with van der Waals surface area (Å²) in [6, 6.07) is 17.3. The van der Waals surface area contributed by atoms with E-state index in [1.54, 1.807) is 0 Å². The molecule has 0 heterocycles. The zero-order valence-corrected chi connectivity index (χ0v) is 16.6. The summed E-state index contributed by atoms with van der Waals surface area (Å²) in [5.74, 6) is -0.0740. The Kier molecular flexibility index (Phi) is 8.85. The molecule has 0 spiro atoms. The third kappa shape index (κ3) is 7.31. The molecule has 0 atom stereocenters. The highest BCUT2D eigenvalue weighted by atomic mass is 16.5. The van der Waals surface area contributed by atoms with E-state index < -0.39 is 6.09 Å². The molecule has 2 N–H and O–H groups in total. The number of ether oxygens (including phenoxy) is 1. The summed E-state index contributed by atoms with van der Waals surface area (Å²) in [6.07, 6.45) is 0.400. The fourth-order valence-corrected chi connectivity index (χ4v) is 2.78. The molecule has 0 bridgehead atoms. The maximum absolute atomic E-state index is 12.0. The molecule has 0 saturated heterocycles. The summed E-state index contributed by atoms with van der Waals surface area (Å²) in [6.45, 7) is 6.75. The third-order valence-electron chi connectivity index (χ3n) is 4.34. The number of hydrogen-bond donors (Lipinski definition) is 2. The summed E-state index contributed by atoms with van der Waals surface area (Å²) in [5, 5.41) is 5.54. The number of benzene rings is 2. The van der Waals surface area contributed by atoms with E-state index in [2.05, 4.69) is 29.4 Å². The predicted octanol–water partition coefficient (Wildman–Crippen LogP) is 4.18. The molecule has 2 rings (SSSR count). The van der Waals surface area contributed by atoms with Crippen LogP contribution in [-0.2, 0) is 16.1 Å². The van der Waals surface area contributed by atoms with Gasteiger partial charge >= 0.3 is 6.09 Å². The molecule has 0 aliphatic carbocycles. The molecule has 0 fully saturated rings. The van der Waals surface area contributed by atoms with Crippen LogP contribution in [0.5, 0.6) is 0 Å². The molecule has 2 amide bonds. The topological polar surface area (TPSA) is 70.7 Å². The normalized spacial score (nSPS) is 10.2. The summed E-state index contributed by atoms with van der Waals surface area (Å²) in [7, 11) is 0. The number of carbonyl (C=O) groups excluding carboxylic acids is 2. The number of nitrogens with zero attached hydrogens (tertiary/aromatic N) is 1. The fourth-order valence-electron chi connectivity index (χ4n) is 2.78. The van der Waals surface area contributed by atoms with Crippen molar-refractivity contribution in [3.05, 3.63) is 60.2 Å².